The first-order valence-corrected chi connectivity index (χ1v) is 5.40. The van der Waals surface area contributed by atoms with Gasteiger partial charge in [0.15, 0.2) is 5.96 Å². The molecule has 0 aliphatic rings. The van der Waals surface area contributed by atoms with Crippen molar-refractivity contribution < 1.29 is 17.6 Å². The van der Waals surface area contributed by atoms with Crippen LogP contribution in [0.1, 0.15) is 5.56 Å². The average molecular weight is 342 g/mol. The second-order valence-corrected chi connectivity index (χ2v) is 4.09. The molecule has 0 aromatic heterocycles. The SMILES string of the molecule is NC(N)=NC(N)=Nc1cc(F)c(Br)c(C(F)(F)F)c1. The fourth-order valence-corrected chi connectivity index (χ4v) is 1.59. The van der Waals surface area contributed by atoms with Crippen LogP contribution in [0.3, 0.4) is 0 Å². The van der Waals surface area contributed by atoms with Gasteiger partial charge in [0.1, 0.15) is 5.82 Å². The van der Waals surface area contributed by atoms with Crippen LogP contribution in [0.4, 0.5) is 23.2 Å². The molecule has 0 saturated carbocycles. The molecule has 5 nitrogen and oxygen atoms in total. The van der Waals surface area contributed by atoms with Crippen molar-refractivity contribution in [2.45, 2.75) is 6.18 Å². The summed E-state index contributed by atoms with van der Waals surface area (Å²) in [4.78, 5) is 6.76. The normalized spacial score (nSPS) is 12.4. The Bertz CT molecular complexity index is 548. The topological polar surface area (TPSA) is 103 Å². The first-order chi connectivity index (χ1) is 8.61. The van der Waals surface area contributed by atoms with Gasteiger partial charge in [0.05, 0.1) is 15.7 Å². The van der Waals surface area contributed by atoms with Crippen molar-refractivity contribution in [1.29, 1.82) is 0 Å². The molecule has 1 rings (SSSR count). The second-order valence-electron chi connectivity index (χ2n) is 3.29. The number of hydrogen-bond donors (Lipinski definition) is 3. The smallest absolute Gasteiger partial charge is 0.370 e. The first-order valence-electron chi connectivity index (χ1n) is 4.61. The number of aliphatic imine (C=N–C) groups is 2. The predicted octanol–water partition coefficient (Wildman–Crippen LogP) is 1.83. The fraction of sp³-hybridized carbons (Fsp3) is 0.111. The molecular weight excluding hydrogens is 334 g/mol. The van der Waals surface area contributed by atoms with Gasteiger partial charge in [-0.25, -0.2) is 9.38 Å². The summed E-state index contributed by atoms with van der Waals surface area (Å²) in [7, 11) is 0. The molecule has 0 spiro atoms. The zero-order valence-electron chi connectivity index (χ0n) is 9.17. The zero-order valence-corrected chi connectivity index (χ0v) is 10.8. The fourth-order valence-electron chi connectivity index (χ4n) is 1.14. The summed E-state index contributed by atoms with van der Waals surface area (Å²) in [5, 5.41) is 0. The van der Waals surface area contributed by atoms with E-state index in [1.54, 1.807) is 0 Å². The van der Waals surface area contributed by atoms with Crippen molar-refractivity contribution in [1.82, 2.24) is 0 Å². The zero-order chi connectivity index (χ0) is 14.8. The molecule has 1 aromatic carbocycles. The molecule has 1 aromatic rings. The van der Waals surface area contributed by atoms with Crippen LogP contribution in [0.25, 0.3) is 0 Å². The molecule has 0 amide bonds. The predicted molar refractivity (Wildman–Crippen MR) is 66.2 cm³/mol. The molecule has 0 unspecified atom stereocenters. The van der Waals surface area contributed by atoms with E-state index in [4.69, 9.17) is 17.2 Å². The van der Waals surface area contributed by atoms with Gasteiger partial charge >= 0.3 is 6.18 Å². The third-order valence-corrected chi connectivity index (χ3v) is 2.61. The lowest BCUT2D eigenvalue weighted by Crippen LogP contribution is -2.26. The Balaban J connectivity index is 3.33. The van der Waals surface area contributed by atoms with Crippen LogP contribution in [0.15, 0.2) is 26.6 Å². The van der Waals surface area contributed by atoms with Gasteiger partial charge in [0.2, 0.25) is 5.96 Å². The summed E-state index contributed by atoms with van der Waals surface area (Å²) >= 11 is 2.51. The monoisotopic (exact) mass is 341 g/mol. The third kappa shape index (κ3) is 4.09. The Labute approximate surface area is 113 Å². The van der Waals surface area contributed by atoms with Gasteiger partial charge in [-0.1, -0.05) is 0 Å². The van der Waals surface area contributed by atoms with Crippen LogP contribution in [0, 0.1) is 5.82 Å². The summed E-state index contributed by atoms with van der Waals surface area (Å²) in [6, 6.07) is 1.37. The highest BCUT2D eigenvalue weighted by molar-refractivity contribution is 9.10. The van der Waals surface area contributed by atoms with E-state index >= 15 is 0 Å². The van der Waals surface area contributed by atoms with Gasteiger partial charge in [-0.2, -0.15) is 18.2 Å². The minimum absolute atomic E-state index is 0.365. The lowest BCUT2D eigenvalue weighted by atomic mass is 10.2. The molecule has 0 bridgehead atoms. The van der Waals surface area contributed by atoms with Crippen LogP contribution in [0.2, 0.25) is 0 Å². The molecule has 19 heavy (non-hydrogen) atoms. The molecule has 0 aliphatic heterocycles. The van der Waals surface area contributed by atoms with Crippen molar-refractivity contribution >= 4 is 33.5 Å². The number of guanidine groups is 2. The summed E-state index contributed by atoms with van der Waals surface area (Å²) in [6.07, 6.45) is -4.74. The number of hydrogen-bond acceptors (Lipinski definition) is 1. The number of nitrogens with two attached hydrogens (primary N) is 3. The van der Waals surface area contributed by atoms with Crippen LogP contribution in [-0.4, -0.2) is 11.9 Å². The van der Waals surface area contributed by atoms with Crippen molar-refractivity contribution in [3.8, 4) is 0 Å². The largest absolute Gasteiger partial charge is 0.417 e. The van der Waals surface area contributed by atoms with Gasteiger partial charge in [-0.05, 0) is 22.0 Å². The quantitative estimate of drug-likeness (QED) is 0.412. The van der Waals surface area contributed by atoms with Crippen LogP contribution < -0.4 is 17.2 Å². The molecule has 10 heteroatoms. The first kappa shape index (κ1) is 15.2. The Morgan fingerprint density at radius 1 is 1.16 bits per heavy atom. The van der Waals surface area contributed by atoms with E-state index in [-0.39, 0.29) is 5.69 Å². The summed E-state index contributed by atoms with van der Waals surface area (Å²) in [5.41, 5.74) is 13.7. The van der Waals surface area contributed by atoms with Gasteiger partial charge in [0.25, 0.3) is 0 Å². The van der Waals surface area contributed by atoms with Crippen molar-refractivity contribution in [3.63, 3.8) is 0 Å². The van der Waals surface area contributed by atoms with E-state index in [9.17, 15) is 17.6 Å². The maximum absolute atomic E-state index is 13.3. The number of halogens is 5. The molecule has 0 atom stereocenters. The minimum atomic E-state index is -4.74. The molecule has 0 heterocycles. The van der Waals surface area contributed by atoms with E-state index in [0.717, 1.165) is 6.07 Å². The third-order valence-electron chi connectivity index (χ3n) is 1.81. The number of rotatable bonds is 1. The molecule has 0 saturated heterocycles. The van der Waals surface area contributed by atoms with Gasteiger partial charge in [-0.15, -0.1) is 0 Å². The van der Waals surface area contributed by atoms with Crippen molar-refractivity contribution in [2.75, 3.05) is 0 Å². The summed E-state index contributed by atoms with van der Waals surface area (Å²) < 4.78 is 50.5. The molecule has 6 N–H and O–H groups in total. The Kier molecular flexibility index (Phi) is 4.35. The Morgan fingerprint density at radius 2 is 1.74 bits per heavy atom. The Hall–Kier alpha value is -1.84. The lowest BCUT2D eigenvalue weighted by Gasteiger charge is -2.10. The van der Waals surface area contributed by atoms with Gasteiger partial charge < -0.3 is 17.2 Å². The standard InChI is InChI=1S/C9H8BrF4N5/c10-6-4(9(12,13)14)1-3(2-5(6)11)18-8(17)19-7(15)16/h1-2H,(H6,15,16,17,18,19). The van der Waals surface area contributed by atoms with Crippen LogP contribution in [-0.2, 0) is 6.18 Å². The molecule has 0 aliphatic carbocycles. The Morgan fingerprint density at radius 3 is 2.21 bits per heavy atom. The second kappa shape index (κ2) is 5.43. The maximum atomic E-state index is 13.3. The van der Waals surface area contributed by atoms with E-state index in [1.807, 2.05) is 0 Å². The lowest BCUT2D eigenvalue weighted by molar-refractivity contribution is -0.138. The average Bonchev–Trinajstić information content (AvgIpc) is 2.20. The molecule has 0 fully saturated rings. The van der Waals surface area contributed by atoms with Crippen molar-refractivity contribution in [2.24, 2.45) is 27.2 Å². The van der Waals surface area contributed by atoms with Crippen molar-refractivity contribution in [3.05, 3.63) is 28.0 Å². The number of benzene rings is 1. The van der Waals surface area contributed by atoms with Gasteiger partial charge in [0, 0.05) is 6.07 Å². The van der Waals surface area contributed by atoms with E-state index in [2.05, 4.69) is 25.9 Å². The number of nitrogens with zero attached hydrogens (tertiary/aromatic N) is 2. The van der Waals surface area contributed by atoms with E-state index in [0.29, 0.717) is 6.07 Å². The summed E-state index contributed by atoms with van der Waals surface area (Å²) in [6.45, 7) is 0. The highest BCUT2D eigenvalue weighted by Gasteiger charge is 2.34. The highest BCUT2D eigenvalue weighted by atomic mass is 79.9. The van der Waals surface area contributed by atoms with Crippen LogP contribution >= 0.6 is 15.9 Å². The van der Waals surface area contributed by atoms with Gasteiger partial charge in [-0.3, -0.25) is 0 Å². The molecule has 104 valence electrons. The number of alkyl halides is 3. The van der Waals surface area contributed by atoms with Crippen LogP contribution in [0.5, 0.6) is 0 Å². The maximum Gasteiger partial charge on any atom is 0.417 e. The minimum Gasteiger partial charge on any atom is -0.370 e. The summed E-state index contributed by atoms with van der Waals surface area (Å²) in [5.74, 6) is -2.05. The van der Waals surface area contributed by atoms with E-state index in [1.165, 1.54) is 0 Å². The molecule has 0 radical (unpaired) electrons. The molecular formula is C9H8BrF4N5. The highest BCUT2D eigenvalue weighted by Crippen LogP contribution is 2.38. The van der Waals surface area contributed by atoms with E-state index < -0.39 is 33.9 Å².